The molecule has 96 valence electrons. The summed E-state index contributed by atoms with van der Waals surface area (Å²) in [6, 6.07) is 5.43. The fraction of sp³-hybridized carbons (Fsp3) is 0.0909. The molecule has 8 heteroatoms. The van der Waals surface area contributed by atoms with Gasteiger partial charge in [0.05, 0.1) is 5.52 Å². The van der Waals surface area contributed by atoms with Crippen LogP contribution in [-0.2, 0) is 7.05 Å². The lowest BCUT2D eigenvalue weighted by Gasteiger charge is -2.04. The fourth-order valence-corrected chi connectivity index (χ4v) is 2.51. The van der Waals surface area contributed by atoms with Gasteiger partial charge in [0.1, 0.15) is 11.4 Å². The first kappa shape index (κ1) is 11.7. The van der Waals surface area contributed by atoms with Crippen molar-refractivity contribution in [2.24, 2.45) is 7.05 Å². The number of rotatable bonds is 2. The first-order chi connectivity index (χ1) is 9.15. The summed E-state index contributed by atoms with van der Waals surface area (Å²) in [5.74, 6) is 0. The van der Waals surface area contributed by atoms with Crippen molar-refractivity contribution in [3.05, 3.63) is 35.0 Å². The number of nitrogens with two attached hydrogens (primary N) is 1. The average Bonchev–Trinajstić information content (AvgIpc) is 2.71. The maximum absolute atomic E-state index is 11.3. The van der Waals surface area contributed by atoms with Gasteiger partial charge < -0.3 is 5.73 Å². The summed E-state index contributed by atoms with van der Waals surface area (Å²) in [6.07, 6.45) is 1.47. The van der Waals surface area contributed by atoms with Gasteiger partial charge in [0, 0.05) is 18.1 Å². The molecule has 0 unspecified atom stereocenters. The number of anilines is 1. The SMILES string of the molecule is Cn1c(Sc2ncnc3cc(N)ccc23)n[nH]c1=O. The molecular weight excluding hydrogens is 264 g/mol. The van der Waals surface area contributed by atoms with Gasteiger partial charge in [0.25, 0.3) is 0 Å². The second-order valence-corrected chi connectivity index (χ2v) is 4.88. The van der Waals surface area contributed by atoms with Crippen molar-refractivity contribution < 1.29 is 0 Å². The monoisotopic (exact) mass is 274 g/mol. The topological polar surface area (TPSA) is 102 Å². The molecule has 0 aliphatic rings. The predicted octanol–water partition coefficient (Wildman–Crippen LogP) is 0.785. The smallest absolute Gasteiger partial charge is 0.343 e. The Morgan fingerprint density at radius 2 is 2.21 bits per heavy atom. The van der Waals surface area contributed by atoms with Crippen LogP contribution in [0.1, 0.15) is 0 Å². The van der Waals surface area contributed by atoms with Crippen LogP contribution < -0.4 is 11.4 Å². The van der Waals surface area contributed by atoms with E-state index in [2.05, 4.69) is 20.2 Å². The Labute approximate surface area is 111 Å². The molecule has 0 spiro atoms. The average molecular weight is 274 g/mol. The van der Waals surface area contributed by atoms with Crippen LogP contribution >= 0.6 is 11.8 Å². The highest BCUT2D eigenvalue weighted by molar-refractivity contribution is 7.99. The molecule has 0 aliphatic heterocycles. The van der Waals surface area contributed by atoms with Crippen molar-refractivity contribution in [1.82, 2.24) is 24.7 Å². The summed E-state index contributed by atoms with van der Waals surface area (Å²) < 4.78 is 1.43. The Kier molecular flexibility index (Phi) is 2.71. The molecule has 0 radical (unpaired) electrons. The van der Waals surface area contributed by atoms with Crippen molar-refractivity contribution in [3.63, 3.8) is 0 Å². The van der Waals surface area contributed by atoms with E-state index in [0.717, 1.165) is 15.9 Å². The van der Waals surface area contributed by atoms with E-state index in [4.69, 9.17) is 5.73 Å². The van der Waals surface area contributed by atoms with Crippen LogP contribution in [0, 0.1) is 0 Å². The number of nitrogen functional groups attached to an aromatic ring is 1. The summed E-state index contributed by atoms with van der Waals surface area (Å²) in [5, 5.41) is 8.47. The molecule has 0 fully saturated rings. The third kappa shape index (κ3) is 2.06. The highest BCUT2D eigenvalue weighted by atomic mass is 32.2. The number of aromatic nitrogens is 5. The molecule has 19 heavy (non-hydrogen) atoms. The number of hydrogen-bond donors (Lipinski definition) is 2. The molecule has 0 atom stereocenters. The van der Waals surface area contributed by atoms with Gasteiger partial charge in [-0.1, -0.05) is 0 Å². The number of benzene rings is 1. The molecular formula is C11H10N6OS. The molecule has 2 heterocycles. The molecule has 0 amide bonds. The number of aromatic amines is 1. The predicted molar refractivity (Wildman–Crippen MR) is 71.9 cm³/mol. The lowest BCUT2D eigenvalue weighted by Crippen LogP contribution is -2.12. The molecule has 3 N–H and O–H groups in total. The van der Waals surface area contributed by atoms with Crippen LogP contribution in [0.2, 0.25) is 0 Å². The lowest BCUT2D eigenvalue weighted by molar-refractivity contribution is 0.765. The van der Waals surface area contributed by atoms with Gasteiger partial charge in [-0.15, -0.1) is 5.10 Å². The normalized spacial score (nSPS) is 11.0. The van der Waals surface area contributed by atoms with E-state index in [1.807, 2.05) is 6.07 Å². The van der Waals surface area contributed by atoms with Gasteiger partial charge in [-0.05, 0) is 30.0 Å². The zero-order valence-electron chi connectivity index (χ0n) is 9.99. The number of H-pyrrole nitrogens is 1. The minimum atomic E-state index is -0.259. The van der Waals surface area contributed by atoms with Crippen molar-refractivity contribution in [2.75, 3.05) is 5.73 Å². The first-order valence-electron chi connectivity index (χ1n) is 5.44. The van der Waals surface area contributed by atoms with Crippen molar-refractivity contribution in [2.45, 2.75) is 10.2 Å². The number of hydrogen-bond acceptors (Lipinski definition) is 6. The van der Waals surface area contributed by atoms with Crippen molar-refractivity contribution in [1.29, 1.82) is 0 Å². The Morgan fingerprint density at radius 1 is 1.37 bits per heavy atom. The molecule has 2 aromatic heterocycles. The summed E-state index contributed by atoms with van der Waals surface area (Å²) in [6.45, 7) is 0. The molecule has 1 aromatic carbocycles. The highest BCUT2D eigenvalue weighted by Crippen LogP contribution is 2.29. The standard InChI is InChI=1S/C11H10N6OS/c1-17-10(18)15-16-11(17)19-9-7-3-2-6(12)4-8(7)13-5-14-9/h2-5H,12H2,1H3,(H,15,18). The minimum absolute atomic E-state index is 0.259. The van der Waals surface area contributed by atoms with E-state index in [0.29, 0.717) is 10.8 Å². The molecule has 3 rings (SSSR count). The van der Waals surface area contributed by atoms with Gasteiger partial charge in [0.15, 0.2) is 5.16 Å². The quantitative estimate of drug-likeness (QED) is 0.529. The molecule has 0 saturated carbocycles. The first-order valence-corrected chi connectivity index (χ1v) is 6.26. The Balaban J connectivity index is 2.10. The van der Waals surface area contributed by atoms with Crippen LogP contribution in [0.25, 0.3) is 10.9 Å². The fourth-order valence-electron chi connectivity index (χ4n) is 1.64. The second-order valence-electron chi connectivity index (χ2n) is 3.93. The molecule has 0 bridgehead atoms. The molecule has 7 nitrogen and oxygen atoms in total. The number of nitrogens with one attached hydrogen (secondary N) is 1. The second kappa shape index (κ2) is 4.39. The summed E-state index contributed by atoms with van der Waals surface area (Å²) >= 11 is 1.30. The van der Waals surface area contributed by atoms with Gasteiger partial charge in [-0.3, -0.25) is 4.57 Å². The van der Waals surface area contributed by atoms with Crippen molar-refractivity contribution in [3.8, 4) is 0 Å². The van der Waals surface area contributed by atoms with Crippen LogP contribution in [0.4, 0.5) is 5.69 Å². The summed E-state index contributed by atoms with van der Waals surface area (Å²) in [7, 11) is 1.65. The zero-order chi connectivity index (χ0) is 13.4. The maximum atomic E-state index is 11.3. The van der Waals surface area contributed by atoms with Crippen LogP contribution in [0.5, 0.6) is 0 Å². The zero-order valence-corrected chi connectivity index (χ0v) is 10.8. The van der Waals surface area contributed by atoms with E-state index < -0.39 is 0 Å². The largest absolute Gasteiger partial charge is 0.399 e. The van der Waals surface area contributed by atoms with E-state index >= 15 is 0 Å². The van der Waals surface area contributed by atoms with Gasteiger partial charge in [-0.25, -0.2) is 19.9 Å². The van der Waals surface area contributed by atoms with Gasteiger partial charge in [0.2, 0.25) is 0 Å². The Morgan fingerprint density at radius 3 is 2.95 bits per heavy atom. The number of nitrogens with zero attached hydrogens (tertiary/aromatic N) is 4. The van der Waals surface area contributed by atoms with Gasteiger partial charge in [-0.2, -0.15) is 0 Å². The van der Waals surface area contributed by atoms with E-state index in [-0.39, 0.29) is 5.69 Å². The van der Waals surface area contributed by atoms with Crippen molar-refractivity contribution >= 4 is 28.4 Å². The van der Waals surface area contributed by atoms with Crippen LogP contribution in [0.15, 0.2) is 39.5 Å². The molecule has 0 aliphatic carbocycles. The minimum Gasteiger partial charge on any atom is -0.399 e. The maximum Gasteiger partial charge on any atom is 0.343 e. The molecule has 0 saturated heterocycles. The highest BCUT2D eigenvalue weighted by Gasteiger charge is 2.10. The Hall–Kier alpha value is -2.35. The Bertz CT molecular complexity index is 808. The van der Waals surface area contributed by atoms with E-state index in [1.165, 1.54) is 22.7 Å². The number of fused-ring (bicyclic) bond motifs is 1. The van der Waals surface area contributed by atoms with Crippen LogP contribution in [0.3, 0.4) is 0 Å². The van der Waals surface area contributed by atoms with Gasteiger partial charge >= 0.3 is 5.69 Å². The third-order valence-electron chi connectivity index (χ3n) is 2.65. The third-order valence-corrected chi connectivity index (χ3v) is 3.72. The van der Waals surface area contributed by atoms with Crippen LogP contribution in [-0.4, -0.2) is 24.7 Å². The summed E-state index contributed by atoms with van der Waals surface area (Å²) in [5.41, 5.74) is 6.87. The van der Waals surface area contributed by atoms with E-state index in [9.17, 15) is 4.79 Å². The molecule has 3 aromatic rings. The lowest BCUT2D eigenvalue weighted by atomic mass is 10.2. The summed E-state index contributed by atoms with van der Waals surface area (Å²) in [4.78, 5) is 19.7. The van der Waals surface area contributed by atoms with E-state index in [1.54, 1.807) is 19.2 Å².